The molecule has 1 amide bonds. The van der Waals surface area contributed by atoms with Crippen LogP contribution in [0.3, 0.4) is 0 Å². The summed E-state index contributed by atoms with van der Waals surface area (Å²) < 4.78 is 1.59. The van der Waals surface area contributed by atoms with Gasteiger partial charge in [0, 0.05) is 37.9 Å². The van der Waals surface area contributed by atoms with Crippen LogP contribution < -0.4 is 16.6 Å². The zero-order chi connectivity index (χ0) is 26.6. The van der Waals surface area contributed by atoms with Crippen LogP contribution in [-0.4, -0.2) is 80.7 Å². The summed E-state index contributed by atoms with van der Waals surface area (Å²) in [6, 6.07) is 9.14. The molecule has 10 nitrogen and oxygen atoms in total. The van der Waals surface area contributed by atoms with Crippen LogP contribution >= 0.6 is 0 Å². The van der Waals surface area contributed by atoms with Crippen LogP contribution in [0.4, 0.5) is 11.8 Å². The quantitative estimate of drug-likeness (QED) is 0.402. The second-order valence-corrected chi connectivity index (χ2v) is 10.2. The van der Waals surface area contributed by atoms with Crippen LogP contribution in [0, 0.1) is 0 Å². The number of nitrogen functional groups attached to an aromatic ring is 1. The highest BCUT2D eigenvalue weighted by atomic mass is 16.3. The molecular formula is C27H37N7O3. The molecule has 1 aliphatic rings. The Bertz CT molecular complexity index is 1300. The van der Waals surface area contributed by atoms with Crippen LogP contribution in [0.5, 0.6) is 0 Å². The van der Waals surface area contributed by atoms with E-state index in [0.29, 0.717) is 35.2 Å². The Kier molecular flexibility index (Phi) is 8.09. The van der Waals surface area contributed by atoms with Crippen molar-refractivity contribution < 1.29 is 9.90 Å². The number of benzene rings is 1. The van der Waals surface area contributed by atoms with E-state index in [0.717, 1.165) is 44.6 Å². The second-order valence-electron chi connectivity index (χ2n) is 10.2. The zero-order valence-electron chi connectivity index (χ0n) is 21.9. The molecule has 198 valence electrons. The standard InChI is InChI=1S/C27H37N7O3/c1-4-5-11-27(2,18-35)31-23-22-21(29-26(28)30-23)10-12-34(25(22)37)17-19-6-8-20(9-7-19)24(36)33-15-13-32(3)14-16-33/h6-10,12,35H,4-5,11,13-18H2,1-3H3,(H3,28,29,30,31)/t27-/m1/s1. The SMILES string of the molecule is CCCC[C@](C)(CO)Nc1nc(N)nc2ccn(Cc3ccc(C(=O)N4CCN(C)CC4)cc3)c(=O)c12. The number of unbranched alkanes of at least 4 members (excludes halogenated alkanes) is 1. The third-order valence-corrected chi connectivity index (χ3v) is 7.04. The summed E-state index contributed by atoms with van der Waals surface area (Å²) in [4.78, 5) is 39.0. The van der Waals surface area contributed by atoms with E-state index in [4.69, 9.17) is 5.73 Å². The fourth-order valence-corrected chi connectivity index (χ4v) is 4.59. The number of hydrogen-bond acceptors (Lipinski definition) is 8. The molecule has 3 aromatic rings. The van der Waals surface area contributed by atoms with E-state index in [2.05, 4.69) is 34.2 Å². The van der Waals surface area contributed by atoms with E-state index in [1.54, 1.807) is 16.8 Å². The Labute approximate surface area is 217 Å². The van der Waals surface area contributed by atoms with Crippen molar-refractivity contribution in [3.63, 3.8) is 0 Å². The van der Waals surface area contributed by atoms with Crippen molar-refractivity contribution in [3.8, 4) is 0 Å². The van der Waals surface area contributed by atoms with Gasteiger partial charge in [0.25, 0.3) is 11.5 Å². The maximum atomic E-state index is 13.5. The molecule has 1 aromatic carbocycles. The third-order valence-electron chi connectivity index (χ3n) is 7.04. The predicted octanol–water partition coefficient (Wildman–Crippen LogP) is 2.16. The Hall–Kier alpha value is -3.50. The number of anilines is 2. The molecule has 4 N–H and O–H groups in total. The first-order chi connectivity index (χ1) is 17.7. The molecule has 4 rings (SSSR count). The van der Waals surface area contributed by atoms with Crippen LogP contribution in [-0.2, 0) is 6.54 Å². The lowest BCUT2D eigenvalue weighted by molar-refractivity contribution is 0.0664. The fraction of sp³-hybridized carbons (Fsp3) is 0.481. The summed E-state index contributed by atoms with van der Waals surface area (Å²) in [5, 5.41) is 13.6. The number of amides is 1. The number of aliphatic hydroxyl groups excluding tert-OH is 1. The summed E-state index contributed by atoms with van der Waals surface area (Å²) in [5.74, 6) is 0.411. The normalized spacial score (nSPS) is 16.1. The number of nitrogens with one attached hydrogen (secondary N) is 1. The minimum atomic E-state index is -0.650. The molecule has 1 saturated heterocycles. The predicted molar refractivity (Wildman–Crippen MR) is 146 cm³/mol. The third kappa shape index (κ3) is 6.08. The van der Waals surface area contributed by atoms with E-state index >= 15 is 0 Å². The van der Waals surface area contributed by atoms with Gasteiger partial charge in [-0.2, -0.15) is 4.98 Å². The van der Waals surface area contributed by atoms with E-state index < -0.39 is 5.54 Å². The van der Waals surface area contributed by atoms with Gasteiger partial charge in [-0.15, -0.1) is 0 Å². The van der Waals surface area contributed by atoms with E-state index in [-0.39, 0.29) is 24.0 Å². The minimum absolute atomic E-state index is 0.0305. The molecule has 0 aliphatic carbocycles. The van der Waals surface area contributed by atoms with Gasteiger partial charge in [-0.3, -0.25) is 9.59 Å². The highest BCUT2D eigenvalue weighted by Gasteiger charge is 2.25. The second kappa shape index (κ2) is 11.3. The molecule has 2 aromatic heterocycles. The highest BCUT2D eigenvalue weighted by Crippen LogP contribution is 2.24. The van der Waals surface area contributed by atoms with Crippen molar-refractivity contribution >= 4 is 28.6 Å². The number of nitrogens with zero attached hydrogens (tertiary/aromatic N) is 5. The zero-order valence-corrected chi connectivity index (χ0v) is 21.9. The number of carbonyl (C=O) groups excluding carboxylic acids is 1. The molecule has 1 fully saturated rings. The average Bonchev–Trinajstić information content (AvgIpc) is 2.89. The van der Waals surface area contributed by atoms with Gasteiger partial charge in [-0.05, 0) is 44.2 Å². The summed E-state index contributed by atoms with van der Waals surface area (Å²) in [7, 11) is 2.06. The number of likely N-dealkylation sites (N-methyl/N-ethyl adjacent to an activating group) is 1. The minimum Gasteiger partial charge on any atom is -0.394 e. The lowest BCUT2D eigenvalue weighted by Gasteiger charge is -2.32. The molecular weight excluding hydrogens is 470 g/mol. The van der Waals surface area contributed by atoms with Gasteiger partial charge in [0.05, 0.1) is 24.2 Å². The van der Waals surface area contributed by atoms with Gasteiger partial charge in [-0.1, -0.05) is 31.9 Å². The number of carbonyl (C=O) groups is 1. The van der Waals surface area contributed by atoms with Crippen LogP contribution in [0.1, 0.15) is 49.0 Å². The number of fused-ring (bicyclic) bond motifs is 1. The number of pyridine rings is 1. The van der Waals surface area contributed by atoms with Crippen molar-refractivity contribution in [2.45, 2.75) is 45.2 Å². The summed E-state index contributed by atoms with van der Waals surface area (Å²) in [5.41, 5.74) is 7.01. The topological polar surface area (TPSA) is 130 Å². The van der Waals surface area contributed by atoms with Gasteiger partial charge in [0.15, 0.2) is 0 Å². The Balaban J connectivity index is 1.58. The Morgan fingerprint density at radius 1 is 1.14 bits per heavy atom. The van der Waals surface area contributed by atoms with E-state index in [9.17, 15) is 14.7 Å². The maximum absolute atomic E-state index is 13.5. The molecule has 0 radical (unpaired) electrons. The molecule has 10 heteroatoms. The Morgan fingerprint density at radius 3 is 2.49 bits per heavy atom. The number of piperazine rings is 1. The maximum Gasteiger partial charge on any atom is 0.264 e. The lowest BCUT2D eigenvalue weighted by atomic mass is 9.95. The molecule has 1 aliphatic heterocycles. The molecule has 37 heavy (non-hydrogen) atoms. The molecule has 0 spiro atoms. The first kappa shape index (κ1) is 26.6. The first-order valence-corrected chi connectivity index (χ1v) is 12.9. The van der Waals surface area contributed by atoms with Crippen LogP contribution in [0.2, 0.25) is 0 Å². The number of hydrogen-bond donors (Lipinski definition) is 3. The van der Waals surface area contributed by atoms with Gasteiger partial charge in [-0.25, -0.2) is 4.98 Å². The average molecular weight is 508 g/mol. The van der Waals surface area contributed by atoms with E-state index in [1.165, 1.54) is 0 Å². The van der Waals surface area contributed by atoms with Gasteiger partial charge in [0.2, 0.25) is 5.95 Å². The highest BCUT2D eigenvalue weighted by molar-refractivity contribution is 5.94. The summed E-state index contributed by atoms with van der Waals surface area (Å²) >= 11 is 0. The number of aliphatic hydroxyl groups is 1. The monoisotopic (exact) mass is 507 g/mol. The van der Waals surface area contributed by atoms with Crippen molar-refractivity contribution in [1.82, 2.24) is 24.3 Å². The molecule has 0 unspecified atom stereocenters. The summed E-state index contributed by atoms with van der Waals surface area (Å²) in [6.45, 7) is 7.39. The van der Waals surface area contributed by atoms with Crippen molar-refractivity contribution in [2.24, 2.45) is 0 Å². The molecule has 1 atom stereocenters. The largest absolute Gasteiger partial charge is 0.394 e. The summed E-state index contributed by atoms with van der Waals surface area (Å²) in [6.07, 6.45) is 4.30. The van der Waals surface area contributed by atoms with Gasteiger partial charge < -0.3 is 30.5 Å². The lowest BCUT2D eigenvalue weighted by Crippen LogP contribution is -2.47. The number of aromatic nitrogens is 3. The van der Waals surface area contributed by atoms with Crippen LogP contribution in [0.15, 0.2) is 41.3 Å². The van der Waals surface area contributed by atoms with Gasteiger partial charge in [0.1, 0.15) is 11.2 Å². The van der Waals surface area contributed by atoms with Crippen molar-refractivity contribution in [1.29, 1.82) is 0 Å². The van der Waals surface area contributed by atoms with E-state index in [1.807, 2.05) is 36.1 Å². The van der Waals surface area contributed by atoms with Crippen molar-refractivity contribution in [2.75, 3.05) is 50.9 Å². The molecule has 0 bridgehead atoms. The Morgan fingerprint density at radius 2 is 1.84 bits per heavy atom. The van der Waals surface area contributed by atoms with Crippen molar-refractivity contribution in [3.05, 3.63) is 58.0 Å². The van der Waals surface area contributed by atoms with Crippen LogP contribution in [0.25, 0.3) is 10.9 Å². The number of nitrogens with two attached hydrogens (primary N) is 1. The first-order valence-electron chi connectivity index (χ1n) is 12.9. The molecule has 0 saturated carbocycles. The number of rotatable bonds is 9. The van der Waals surface area contributed by atoms with Gasteiger partial charge >= 0.3 is 0 Å². The smallest absolute Gasteiger partial charge is 0.264 e. The molecule has 3 heterocycles. The fourth-order valence-electron chi connectivity index (χ4n) is 4.59.